The van der Waals surface area contributed by atoms with Crippen molar-refractivity contribution in [2.75, 3.05) is 0 Å². The molecule has 0 saturated carbocycles. The standard InChI is InChI=1S/C10H11N5/c11-10(15-12)14-9-3-1-2-7-4-5-13-6-8(7)9/h1-6H,12H2,(H3,11,14,15). The van der Waals surface area contributed by atoms with E-state index in [9.17, 15) is 0 Å². The van der Waals surface area contributed by atoms with Gasteiger partial charge in [0.05, 0.1) is 5.69 Å². The van der Waals surface area contributed by atoms with E-state index in [1.807, 2.05) is 24.3 Å². The van der Waals surface area contributed by atoms with Gasteiger partial charge in [-0.3, -0.25) is 10.4 Å². The Morgan fingerprint density at radius 2 is 2.20 bits per heavy atom. The molecule has 0 aliphatic heterocycles. The highest BCUT2D eigenvalue weighted by Crippen LogP contribution is 2.24. The number of guanidine groups is 1. The zero-order chi connectivity index (χ0) is 10.7. The first-order valence-corrected chi connectivity index (χ1v) is 4.45. The van der Waals surface area contributed by atoms with Crippen molar-refractivity contribution < 1.29 is 0 Å². The molecule has 0 amide bonds. The van der Waals surface area contributed by atoms with Crippen molar-refractivity contribution in [3.63, 3.8) is 0 Å². The molecule has 5 nitrogen and oxygen atoms in total. The minimum Gasteiger partial charge on any atom is -0.369 e. The first-order chi connectivity index (χ1) is 7.31. The average molecular weight is 201 g/mol. The Balaban J connectivity index is 2.61. The Hall–Kier alpha value is -2.14. The number of hydrogen-bond donors (Lipinski definition) is 3. The van der Waals surface area contributed by atoms with Gasteiger partial charge in [0.1, 0.15) is 0 Å². The molecule has 2 aromatic rings. The van der Waals surface area contributed by atoms with E-state index in [1.165, 1.54) is 0 Å². The van der Waals surface area contributed by atoms with Crippen molar-refractivity contribution in [1.82, 2.24) is 10.4 Å². The van der Waals surface area contributed by atoms with Gasteiger partial charge < -0.3 is 5.73 Å². The lowest BCUT2D eigenvalue weighted by molar-refractivity contribution is 1.01. The second-order valence-corrected chi connectivity index (χ2v) is 3.02. The van der Waals surface area contributed by atoms with Crippen molar-refractivity contribution in [1.29, 1.82) is 0 Å². The molecule has 5 N–H and O–H groups in total. The highest BCUT2D eigenvalue weighted by Gasteiger charge is 1.99. The normalized spacial score (nSPS) is 11.7. The Kier molecular flexibility index (Phi) is 2.47. The number of aliphatic imine (C=N–C) groups is 1. The number of hydrazine groups is 1. The lowest BCUT2D eigenvalue weighted by Crippen LogP contribution is -2.36. The second-order valence-electron chi connectivity index (χ2n) is 3.02. The summed E-state index contributed by atoms with van der Waals surface area (Å²) < 4.78 is 0. The van der Waals surface area contributed by atoms with E-state index in [-0.39, 0.29) is 5.96 Å². The number of nitrogens with zero attached hydrogens (tertiary/aromatic N) is 2. The highest BCUT2D eigenvalue weighted by atomic mass is 15.3. The summed E-state index contributed by atoms with van der Waals surface area (Å²) in [6, 6.07) is 7.67. The molecule has 0 fully saturated rings. The van der Waals surface area contributed by atoms with Crippen LogP contribution in [0.5, 0.6) is 0 Å². The fourth-order valence-electron chi connectivity index (χ4n) is 1.36. The van der Waals surface area contributed by atoms with Gasteiger partial charge >= 0.3 is 0 Å². The van der Waals surface area contributed by atoms with Crippen LogP contribution in [0.15, 0.2) is 41.7 Å². The predicted octanol–water partition coefficient (Wildman–Crippen LogP) is 0.644. The molecule has 0 radical (unpaired) electrons. The van der Waals surface area contributed by atoms with Crippen LogP contribution in [0.3, 0.4) is 0 Å². The fraction of sp³-hybridized carbons (Fsp3) is 0. The summed E-state index contributed by atoms with van der Waals surface area (Å²) >= 11 is 0. The first-order valence-electron chi connectivity index (χ1n) is 4.45. The van der Waals surface area contributed by atoms with Gasteiger partial charge in [0, 0.05) is 17.8 Å². The molecule has 0 spiro atoms. The van der Waals surface area contributed by atoms with E-state index >= 15 is 0 Å². The van der Waals surface area contributed by atoms with Crippen molar-refractivity contribution in [2.24, 2.45) is 16.6 Å². The fourth-order valence-corrected chi connectivity index (χ4v) is 1.36. The maximum absolute atomic E-state index is 5.49. The van der Waals surface area contributed by atoms with Crippen LogP contribution in [-0.2, 0) is 0 Å². The van der Waals surface area contributed by atoms with Gasteiger partial charge in [0.15, 0.2) is 0 Å². The number of aromatic nitrogens is 1. The van der Waals surface area contributed by atoms with Gasteiger partial charge in [-0.2, -0.15) is 0 Å². The molecule has 0 bridgehead atoms. The third-order valence-electron chi connectivity index (χ3n) is 2.05. The number of nitrogens with one attached hydrogen (secondary N) is 1. The van der Waals surface area contributed by atoms with Gasteiger partial charge in [0.25, 0.3) is 0 Å². The van der Waals surface area contributed by atoms with Gasteiger partial charge in [-0.15, -0.1) is 0 Å². The van der Waals surface area contributed by atoms with E-state index in [2.05, 4.69) is 15.4 Å². The molecule has 1 aromatic heterocycles. The summed E-state index contributed by atoms with van der Waals surface area (Å²) in [6.45, 7) is 0. The van der Waals surface area contributed by atoms with Crippen molar-refractivity contribution in [3.05, 3.63) is 36.7 Å². The zero-order valence-electron chi connectivity index (χ0n) is 8.01. The van der Waals surface area contributed by atoms with Crippen LogP contribution in [0.1, 0.15) is 0 Å². The number of hydrogen-bond acceptors (Lipinski definition) is 3. The van der Waals surface area contributed by atoms with Crippen molar-refractivity contribution >= 4 is 22.4 Å². The molecule has 5 heteroatoms. The number of nitrogens with two attached hydrogens (primary N) is 2. The number of pyridine rings is 1. The second kappa shape index (κ2) is 3.93. The molecular formula is C10H11N5. The minimum absolute atomic E-state index is 0.173. The van der Waals surface area contributed by atoms with Crippen LogP contribution in [0.4, 0.5) is 5.69 Å². The third kappa shape index (κ3) is 1.87. The molecule has 1 heterocycles. The molecule has 1 aromatic carbocycles. The summed E-state index contributed by atoms with van der Waals surface area (Å²) in [5.74, 6) is 5.32. The molecule has 15 heavy (non-hydrogen) atoms. The third-order valence-corrected chi connectivity index (χ3v) is 2.05. The lowest BCUT2D eigenvalue weighted by atomic mass is 10.1. The molecule has 0 saturated heterocycles. The van der Waals surface area contributed by atoms with Crippen LogP contribution in [0.2, 0.25) is 0 Å². The molecule has 76 valence electrons. The molecule has 0 aliphatic carbocycles. The Morgan fingerprint density at radius 1 is 1.33 bits per heavy atom. The largest absolute Gasteiger partial charge is 0.369 e. The lowest BCUT2D eigenvalue weighted by Gasteiger charge is -2.02. The smallest absolute Gasteiger partial charge is 0.208 e. The Morgan fingerprint density at radius 3 is 3.00 bits per heavy atom. The first kappa shape index (κ1) is 9.42. The van der Waals surface area contributed by atoms with E-state index in [4.69, 9.17) is 11.6 Å². The van der Waals surface area contributed by atoms with Gasteiger partial charge in [0.2, 0.25) is 5.96 Å². The van der Waals surface area contributed by atoms with E-state index in [0.717, 1.165) is 16.5 Å². The molecule has 0 unspecified atom stereocenters. The quantitative estimate of drug-likeness (QED) is 0.273. The Labute approximate surface area is 86.8 Å². The minimum atomic E-state index is 0.173. The Bertz CT molecular complexity index is 501. The van der Waals surface area contributed by atoms with Crippen LogP contribution in [-0.4, -0.2) is 10.9 Å². The SMILES string of the molecule is NNC(N)=Nc1cccc2ccncc12. The molecule has 2 rings (SSSR count). The monoisotopic (exact) mass is 201 g/mol. The van der Waals surface area contributed by atoms with Gasteiger partial charge in [-0.05, 0) is 17.5 Å². The van der Waals surface area contributed by atoms with Crippen LogP contribution >= 0.6 is 0 Å². The van der Waals surface area contributed by atoms with Gasteiger partial charge in [-0.25, -0.2) is 10.8 Å². The maximum atomic E-state index is 5.49. The summed E-state index contributed by atoms with van der Waals surface area (Å²) in [5.41, 5.74) is 8.52. The number of rotatable bonds is 1. The van der Waals surface area contributed by atoms with Crippen LogP contribution in [0.25, 0.3) is 10.8 Å². The van der Waals surface area contributed by atoms with Crippen molar-refractivity contribution in [2.45, 2.75) is 0 Å². The summed E-state index contributed by atoms with van der Waals surface area (Å²) in [4.78, 5) is 8.17. The van der Waals surface area contributed by atoms with E-state index in [1.54, 1.807) is 12.4 Å². The number of fused-ring (bicyclic) bond motifs is 1. The number of benzene rings is 1. The summed E-state index contributed by atoms with van der Waals surface area (Å²) in [7, 11) is 0. The molecule has 0 atom stereocenters. The zero-order valence-corrected chi connectivity index (χ0v) is 8.01. The van der Waals surface area contributed by atoms with Crippen LogP contribution < -0.4 is 17.0 Å². The average Bonchev–Trinajstić information content (AvgIpc) is 2.29. The van der Waals surface area contributed by atoms with Gasteiger partial charge in [-0.1, -0.05) is 12.1 Å². The molecule has 0 aliphatic rings. The van der Waals surface area contributed by atoms with Crippen LogP contribution in [0, 0.1) is 0 Å². The summed E-state index contributed by atoms with van der Waals surface area (Å²) in [6.07, 6.45) is 3.48. The predicted molar refractivity (Wildman–Crippen MR) is 60.3 cm³/mol. The highest BCUT2D eigenvalue weighted by molar-refractivity contribution is 5.94. The summed E-state index contributed by atoms with van der Waals surface area (Å²) in [5, 5.41) is 2.01. The van der Waals surface area contributed by atoms with Crippen molar-refractivity contribution in [3.8, 4) is 0 Å². The molecular weight excluding hydrogens is 190 g/mol. The topological polar surface area (TPSA) is 89.3 Å². The van der Waals surface area contributed by atoms with E-state index < -0.39 is 0 Å². The van der Waals surface area contributed by atoms with E-state index in [0.29, 0.717) is 0 Å². The maximum Gasteiger partial charge on any atom is 0.208 e.